The Morgan fingerprint density at radius 2 is 2.29 bits per heavy atom. The zero-order valence-electron chi connectivity index (χ0n) is 14.5. The summed E-state index contributed by atoms with van der Waals surface area (Å²) < 4.78 is 40.3. The van der Waals surface area contributed by atoms with Crippen LogP contribution in [0.1, 0.15) is 45.2 Å². The zero-order chi connectivity index (χ0) is 17.7. The molecule has 0 amide bonds. The summed E-state index contributed by atoms with van der Waals surface area (Å²) in [6.45, 7) is 10.6. The Bertz CT molecular complexity index is 594. The van der Waals surface area contributed by atoms with Gasteiger partial charge in [-0.25, -0.2) is 13.3 Å². The molecular formula is C18H26FNO3S. The maximum absolute atomic E-state index is 13.8. The number of hydrogen-bond donors (Lipinski definition) is 1. The van der Waals surface area contributed by atoms with E-state index in [4.69, 9.17) is 9.47 Å². The molecule has 134 valence electrons. The smallest absolute Gasteiger partial charge is 0.124 e. The topological polar surface area (TPSA) is 47.6 Å². The molecule has 1 N–H and O–H groups in total. The Morgan fingerprint density at radius 1 is 1.54 bits per heavy atom. The van der Waals surface area contributed by atoms with Gasteiger partial charge in [0.25, 0.3) is 0 Å². The molecule has 4 nitrogen and oxygen atoms in total. The van der Waals surface area contributed by atoms with Crippen molar-refractivity contribution in [1.82, 2.24) is 4.72 Å². The van der Waals surface area contributed by atoms with Gasteiger partial charge in [-0.15, -0.1) is 6.58 Å². The van der Waals surface area contributed by atoms with E-state index in [1.807, 2.05) is 20.8 Å². The Hall–Kier alpha value is -1.24. The quantitative estimate of drug-likeness (QED) is 0.759. The fourth-order valence-electron chi connectivity index (χ4n) is 2.40. The molecule has 1 aromatic carbocycles. The van der Waals surface area contributed by atoms with Crippen molar-refractivity contribution in [3.8, 4) is 5.75 Å². The molecule has 0 radical (unpaired) electrons. The molecule has 1 aliphatic rings. The van der Waals surface area contributed by atoms with Gasteiger partial charge in [-0.3, -0.25) is 0 Å². The van der Waals surface area contributed by atoms with Gasteiger partial charge in [0.2, 0.25) is 0 Å². The monoisotopic (exact) mass is 355 g/mol. The van der Waals surface area contributed by atoms with Crippen LogP contribution in [0.4, 0.5) is 4.39 Å². The summed E-state index contributed by atoms with van der Waals surface area (Å²) in [5.74, 6) is 0.245. The van der Waals surface area contributed by atoms with Crippen molar-refractivity contribution in [2.75, 3.05) is 13.2 Å². The van der Waals surface area contributed by atoms with Gasteiger partial charge in [0.05, 0.1) is 35.0 Å². The maximum atomic E-state index is 13.8. The number of ether oxygens (including phenoxy) is 2. The van der Waals surface area contributed by atoms with E-state index in [9.17, 15) is 8.60 Å². The molecule has 2 unspecified atom stereocenters. The third kappa shape index (κ3) is 5.13. The molecule has 0 spiro atoms. The van der Waals surface area contributed by atoms with Crippen LogP contribution in [0.3, 0.4) is 0 Å². The number of benzene rings is 1. The first kappa shape index (κ1) is 19.1. The van der Waals surface area contributed by atoms with Crippen molar-refractivity contribution in [1.29, 1.82) is 0 Å². The van der Waals surface area contributed by atoms with Crippen LogP contribution < -0.4 is 9.46 Å². The van der Waals surface area contributed by atoms with Crippen LogP contribution in [0.5, 0.6) is 5.75 Å². The highest BCUT2D eigenvalue weighted by molar-refractivity contribution is 7.84. The van der Waals surface area contributed by atoms with Crippen LogP contribution in [0, 0.1) is 5.82 Å². The molecule has 3 atom stereocenters. The molecule has 0 aromatic heterocycles. The predicted molar refractivity (Wildman–Crippen MR) is 94.8 cm³/mol. The first-order chi connectivity index (χ1) is 11.3. The van der Waals surface area contributed by atoms with Crippen LogP contribution in [0.2, 0.25) is 0 Å². The minimum atomic E-state index is -1.29. The third-order valence-electron chi connectivity index (χ3n) is 3.74. The molecule has 0 aliphatic carbocycles. The Labute approximate surface area is 146 Å². The lowest BCUT2D eigenvalue weighted by molar-refractivity contribution is 0.140. The van der Waals surface area contributed by atoms with E-state index in [0.717, 1.165) is 6.42 Å². The van der Waals surface area contributed by atoms with Crippen LogP contribution >= 0.6 is 0 Å². The highest BCUT2D eigenvalue weighted by atomic mass is 32.2. The van der Waals surface area contributed by atoms with Crippen molar-refractivity contribution in [3.05, 3.63) is 42.2 Å². The minimum absolute atomic E-state index is 0.0355. The van der Waals surface area contributed by atoms with Crippen LogP contribution in [0.15, 0.2) is 30.9 Å². The molecule has 24 heavy (non-hydrogen) atoms. The van der Waals surface area contributed by atoms with Gasteiger partial charge < -0.3 is 9.47 Å². The SMILES string of the molecule is C=CCC(N[S@@](=O)C(C)(C)C)c1cc(F)ccc1OC1CCOC1. The molecule has 0 saturated carbocycles. The minimum Gasteiger partial charge on any atom is -0.488 e. The summed E-state index contributed by atoms with van der Waals surface area (Å²) in [4.78, 5) is 0. The molecule has 1 aliphatic heterocycles. The van der Waals surface area contributed by atoms with E-state index in [-0.39, 0.29) is 18.0 Å². The van der Waals surface area contributed by atoms with Gasteiger partial charge >= 0.3 is 0 Å². The van der Waals surface area contributed by atoms with E-state index in [0.29, 0.717) is 30.9 Å². The van der Waals surface area contributed by atoms with Gasteiger partial charge in [0.15, 0.2) is 0 Å². The molecule has 6 heteroatoms. The molecular weight excluding hydrogens is 329 g/mol. The highest BCUT2D eigenvalue weighted by Crippen LogP contribution is 2.31. The Balaban J connectivity index is 2.28. The molecule has 1 heterocycles. The average Bonchev–Trinajstić information content (AvgIpc) is 3.00. The first-order valence-electron chi connectivity index (χ1n) is 8.14. The Morgan fingerprint density at radius 3 is 2.88 bits per heavy atom. The summed E-state index contributed by atoms with van der Waals surface area (Å²) in [6, 6.07) is 4.10. The Kier molecular flexibility index (Phi) is 6.54. The van der Waals surface area contributed by atoms with E-state index >= 15 is 0 Å². The predicted octanol–water partition coefficient (Wildman–Crippen LogP) is 3.66. The molecule has 1 aromatic rings. The highest BCUT2D eigenvalue weighted by Gasteiger charge is 2.26. The second-order valence-corrected chi connectivity index (χ2v) is 8.86. The molecule has 2 rings (SSSR count). The van der Waals surface area contributed by atoms with Crippen molar-refractivity contribution in [3.63, 3.8) is 0 Å². The van der Waals surface area contributed by atoms with E-state index in [1.165, 1.54) is 12.1 Å². The fraction of sp³-hybridized carbons (Fsp3) is 0.556. The number of nitrogens with one attached hydrogen (secondary N) is 1. The van der Waals surface area contributed by atoms with Crippen LogP contribution in [-0.4, -0.2) is 28.3 Å². The van der Waals surface area contributed by atoms with Gasteiger partial charge in [0.1, 0.15) is 17.7 Å². The van der Waals surface area contributed by atoms with Crippen LogP contribution in [-0.2, 0) is 15.7 Å². The first-order valence-corrected chi connectivity index (χ1v) is 9.29. The second kappa shape index (κ2) is 8.23. The van der Waals surface area contributed by atoms with Crippen molar-refractivity contribution >= 4 is 11.0 Å². The number of halogens is 1. The maximum Gasteiger partial charge on any atom is 0.124 e. The van der Waals surface area contributed by atoms with Gasteiger partial charge in [0, 0.05) is 12.0 Å². The molecule has 1 fully saturated rings. The van der Waals surface area contributed by atoms with E-state index in [2.05, 4.69) is 11.3 Å². The standard InChI is InChI=1S/C18H26FNO3S/c1-5-6-16(20-24(21)18(2,3)4)15-11-13(19)7-8-17(15)23-14-9-10-22-12-14/h5,7-8,11,14,16,20H,1,6,9-10,12H2,2-4H3/t14?,16?,24-/m0/s1. The van der Waals surface area contributed by atoms with E-state index < -0.39 is 15.7 Å². The normalized spacial score (nSPS) is 20.6. The summed E-state index contributed by atoms with van der Waals surface area (Å²) in [5, 5.41) is 0. The zero-order valence-corrected chi connectivity index (χ0v) is 15.3. The fourth-order valence-corrected chi connectivity index (χ4v) is 3.23. The summed E-state index contributed by atoms with van der Waals surface area (Å²) in [7, 11) is -1.29. The average molecular weight is 355 g/mol. The lowest BCUT2D eigenvalue weighted by Gasteiger charge is -2.26. The van der Waals surface area contributed by atoms with Gasteiger partial charge in [-0.2, -0.15) is 0 Å². The molecule has 0 bridgehead atoms. The van der Waals surface area contributed by atoms with Crippen molar-refractivity contribution in [2.24, 2.45) is 0 Å². The summed E-state index contributed by atoms with van der Waals surface area (Å²) in [6.07, 6.45) is 3.02. The van der Waals surface area contributed by atoms with Crippen molar-refractivity contribution < 1.29 is 18.1 Å². The number of rotatable bonds is 7. The van der Waals surface area contributed by atoms with Gasteiger partial charge in [-0.1, -0.05) is 6.08 Å². The van der Waals surface area contributed by atoms with E-state index in [1.54, 1.807) is 12.1 Å². The summed E-state index contributed by atoms with van der Waals surface area (Å²) in [5.41, 5.74) is 0.652. The third-order valence-corrected chi connectivity index (χ3v) is 5.35. The largest absolute Gasteiger partial charge is 0.488 e. The lowest BCUT2D eigenvalue weighted by Crippen LogP contribution is -2.36. The van der Waals surface area contributed by atoms with Gasteiger partial charge in [-0.05, 0) is 45.4 Å². The molecule has 1 saturated heterocycles. The number of hydrogen-bond acceptors (Lipinski definition) is 3. The van der Waals surface area contributed by atoms with Crippen molar-refractivity contribution in [2.45, 2.75) is 50.5 Å². The summed E-state index contributed by atoms with van der Waals surface area (Å²) >= 11 is 0. The van der Waals surface area contributed by atoms with Crippen LogP contribution in [0.25, 0.3) is 0 Å². The lowest BCUT2D eigenvalue weighted by atomic mass is 10.0. The second-order valence-electron chi connectivity index (χ2n) is 6.86.